The van der Waals surface area contributed by atoms with Gasteiger partial charge in [0.25, 0.3) is 0 Å². The van der Waals surface area contributed by atoms with Crippen LogP contribution in [-0.2, 0) is 11.2 Å². The Labute approximate surface area is 91.6 Å². The van der Waals surface area contributed by atoms with Crippen molar-refractivity contribution in [1.82, 2.24) is 5.32 Å². The quantitative estimate of drug-likeness (QED) is 0.810. The molecule has 1 aliphatic rings. The third-order valence-electron chi connectivity index (χ3n) is 3.20. The molecule has 0 aliphatic carbocycles. The molecule has 0 bridgehead atoms. The maximum absolute atomic E-state index is 5.44. The van der Waals surface area contributed by atoms with Crippen molar-refractivity contribution in [3.8, 4) is 0 Å². The van der Waals surface area contributed by atoms with Crippen LogP contribution in [-0.4, -0.2) is 26.3 Å². The second kappa shape index (κ2) is 5.29. The number of ether oxygens (including phenoxy) is 1. The molecule has 1 aromatic carbocycles. The summed E-state index contributed by atoms with van der Waals surface area (Å²) >= 11 is 0. The van der Waals surface area contributed by atoms with Gasteiger partial charge in [-0.25, -0.2) is 0 Å². The van der Waals surface area contributed by atoms with Crippen LogP contribution in [0.4, 0.5) is 0 Å². The van der Waals surface area contributed by atoms with Crippen molar-refractivity contribution >= 4 is 0 Å². The lowest BCUT2D eigenvalue weighted by Gasteiger charge is -2.21. The summed E-state index contributed by atoms with van der Waals surface area (Å²) in [5, 5.41) is 3.41. The van der Waals surface area contributed by atoms with Crippen molar-refractivity contribution in [3.63, 3.8) is 0 Å². The first kappa shape index (κ1) is 10.7. The molecule has 2 nitrogen and oxygen atoms in total. The minimum absolute atomic E-state index is 0.551. The normalized spacial score (nSPS) is 22.9. The van der Waals surface area contributed by atoms with E-state index in [2.05, 4.69) is 35.6 Å². The van der Waals surface area contributed by atoms with Crippen LogP contribution in [0.15, 0.2) is 30.3 Å². The van der Waals surface area contributed by atoms with E-state index in [9.17, 15) is 0 Å². The molecule has 0 saturated carbocycles. The lowest BCUT2D eigenvalue weighted by Crippen LogP contribution is -2.35. The number of benzene rings is 1. The summed E-state index contributed by atoms with van der Waals surface area (Å²) < 4.78 is 5.44. The van der Waals surface area contributed by atoms with Crippen molar-refractivity contribution in [2.75, 3.05) is 20.3 Å². The molecule has 1 fully saturated rings. The molecule has 1 heterocycles. The number of hydrogen-bond acceptors (Lipinski definition) is 2. The molecule has 1 saturated heterocycles. The van der Waals surface area contributed by atoms with Crippen LogP contribution in [0, 0.1) is 5.92 Å². The number of rotatable bonds is 4. The van der Waals surface area contributed by atoms with E-state index in [1.54, 1.807) is 0 Å². The minimum atomic E-state index is 0.551. The Hall–Kier alpha value is -0.860. The molecule has 1 N–H and O–H groups in total. The first-order valence-electron chi connectivity index (χ1n) is 5.69. The van der Waals surface area contributed by atoms with Crippen LogP contribution in [0.3, 0.4) is 0 Å². The Morgan fingerprint density at radius 3 is 2.80 bits per heavy atom. The second-order valence-corrected chi connectivity index (χ2v) is 4.21. The van der Waals surface area contributed by atoms with Crippen molar-refractivity contribution in [3.05, 3.63) is 35.9 Å². The van der Waals surface area contributed by atoms with E-state index >= 15 is 0 Å². The molecule has 1 aliphatic heterocycles. The SMILES string of the molecule is CNC(Cc1ccccc1)C1CCOC1. The zero-order chi connectivity index (χ0) is 10.5. The topological polar surface area (TPSA) is 21.3 Å². The fourth-order valence-corrected chi connectivity index (χ4v) is 2.24. The standard InChI is InChI=1S/C13H19NO/c1-14-13(12-7-8-15-10-12)9-11-5-3-2-4-6-11/h2-6,12-14H,7-10H2,1H3. The lowest BCUT2D eigenvalue weighted by atomic mass is 9.93. The Kier molecular flexibility index (Phi) is 3.75. The highest BCUT2D eigenvalue weighted by atomic mass is 16.5. The van der Waals surface area contributed by atoms with E-state index in [1.165, 1.54) is 12.0 Å². The molecule has 2 heteroatoms. The van der Waals surface area contributed by atoms with Gasteiger partial charge in [-0.3, -0.25) is 0 Å². The minimum Gasteiger partial charge on any atom is -0.381 e. The van der Waals surface area contributed by atoms with Gasteiger partial charge in [-0.15, -0.1) is 0 Å². The van der Waals surface area contributed by atoms with Crippen LogP contribution in [0.5, 0.6) is 0 Å². The Morgan fingerprint density at radius 1 is 1.40 bits per heavy atom. The maximum atomic E-state index is 5.44. The fraction of sp³-hybridized carbons (Fsp3) is 0.538. The molecular weight excluding hydrogens is 186 g/mol. The second-order valence-electron chi connectivity index (χ2n) is 4.21. The summed E-state index contributed by atoms with van der Waals surface area (Å²) in [4.78, 5) is 0. The number of likely N-dealkylation sites (N-methyl/N-ethyl adjacent to an activating group) is 1. The molecular formula is C13H19NO. The van der Waals surface area contributed by atoms with E-state index in [1.807, 2.05) is 7.05 Å². The largest absolute Gasteiger partial charge is 0.381 e. The molecule has 2 unspecified atom stereocenters. The average Bonchev–Trinajstić information content (AvgIpc) is 2.81. The van der Waals surface area contributed by atoms with Gasteiger partial charge < -0.3 is 10.1 Å². The predicted octanol–water partition coefficient (Wildman–Crippen LogP) is 1.85. The molecule has 82 valence electrons. The first-order chi connectivity index (χ1) is 7.40. The molecule has 0 amide bonds. The summed E-state index contributed by atoms with van der Waals surface area (Å²) in [6.45, 7) is 1.84. The fourth-order valence-electron chi connectivity index (χ4n) is 2.24. The van der Waals surface area contributed by atoms with E-state index in [4.69, 9.17) is 4.74 Å². The summed E-state index contributed by atoms with van der Waals surface area (Å²) in [5.74, 6) is 0.676. The van der Waals surface area contributed by atoms with Crippen LogP contribution in [0.2, 0.25) is 0 Å². The van der Waals surface area contributed by atoms with Crippen molar-refractivity contribution in [2.24, 2.45) is 5.92 Å². The predicted molar refractivity (Wildman–Crippen MR) is 61.9 cm³/mol. The smallest absolute Gasteiger partial charge is 0.0510 e. The molecule has 0 aromatic heterocycles. The average molecular weight is 205 g/mol. The number of hydrogen-bond donors (Lipinski definition) is 1. The number of nitrogens with one attached hydrogen (secondary N) is 1. The van der Waals surface area contributed by atoms with Gasteiger partial charge in [0.15, 0.2) is 0 Å². The van der Waals surface area contributed by atoms with Gasteiger partial charge in [0.05, 0.1) is 6.61 Å². The molecule has 15 heavy (non-hydrogen) atoms. The third kappa shape index (κ3) is 2.80. The third-order valence-corrected chi connectivity index (χ3v) is 3.20. The van der Waals surface area contributed by atoms with E-state index < -0.39 is 0 Å². The molecule has 0 radical (unpaired) electrons. The molecule has 2 atom stereocenters. The monoisotopic (exact) mass is 205 g/mol. The van der Waals surface area contributed by atoms with Gasteiger partial charge >= 0.3 is 0 Å². The summed E-state index contributed by atoms with van der Waals surface area (Å²) in [6, 6.07) is 11.2. The highest BCUT2D eigenvalue weighted by Gasteiger charge is 2.24. The van der Waals surface area contributed by atoms with Crippen LogP contribution in [0.25, 0.3) is 0 Å². The highest BCUT2D eigenvalue weighted by Crippen LogP contribution is 2.19. The van der Waals surface area contributed by atoms with Gasteiger partial charge in [-0.2, -0.15) is 0 Å². The van der Waals surface area contributed by atoms with E-state index in [-0.39, 0.29) is 0 Å². The summed E-state index contributed by atoms with van der Waals surface area (Å²) in [6.07, 6.45) is 2.30. The first-order valence-corrected chi connectivity index (χ1v) is 5.69. The van der Waals surface area contributed by atoms with Gasteiger partial charge in [0.1, 0.15) is 0 Å². The molecule has 1 aromatic rings. The Balaban J connectivity index is 1.96. The zero-order valence-corrected chi connectivity index (χ0v) is 9.28. The zero-order valence-electron chi connectivity index (χ0n) is 9.28. The van der Waals surface area contributed by atoms with Crippen molar-refractivity contribution in [1.29, 1.82) is 0 Å². The van der Waals surface area contributed by atoms with Gasteiger partial charge in [0, 0.05) is 18.6 Å². The van der Waals surface area contributed by atoms with Crippen molar-refractivity contribution in [2.45, 2.75) is 18.9 Å². The van der Waals surface area contributed by atoms with E-state index in [0.717, 1.165) is 19.6 Å². The lowest BCUT2D eigenvalue weighted by molar-refractivity contribution is 0.177. The molecule has 0 spiro atoms. The highest BCUT2D eigenvalue weighted by molar-refractivity contribution is 5.16. The van der Waals surface area contributed by atoms with E-state index in [0.29, 0.717) is 12.0 Å². The molecule has 2 rings (SSSR count). The van der Waals surface area contributed by atoms with Gasteiger partial charge in [0.2, 0.25) is 0 Å². The van der Waals surface area contributed by atoms with Gasteiger partial charge in [-0.05, 0) is 25.5 Å². The van der Waals surface area contributed by atoms with Gasteiger partial charge in [-0.1, -0.05) is 30.3 Å². The maximum Gasteiger partial charge on any atom is 0.0510 e. The van der Waals surface area contributed by atoms with Crippen LogP contribution in [0.1, 0.15) is 12.0 Å². The van der Waals surface area contributed by atoms with Crippen LogP contribution < -0.4 is 5.32 Å². The Morgan fingerprint density at radius 2 is 2.20 bits per heavy atom. The Bertz CT molecular complexity index is 280. The van der Waals surface area contributed by atoms with Crippen LogP contribution >= 0.6 is 0 Å². The van der Waals surface area contributed by atoms with Crippen molar-refractivity contribution < 1.29 is 4.74 Å². The summed E-state index contributed by atoms with van der Waals surface area (Å²) in [5.41, 5.74) is 1.41. The summed E-state index contributed by atoms with van der Waals surface area (Å²) in [7, 11) is 2.05.